The van der Waals surface area contributed by atoms with E-state index in [4.69, 9.17) is 4.74 Å². The lowest BCUT2D eigenvalue weighted by atomic mass is 9.82. The minimum Gasteiger partial charge on any atom is -0.447 e. The maximum absolute atomic E-state index is 12.6. The monoisotopic (exact) mass is 267 g/mol. The molecule has 0 bridgehead atoms. The van der Waals surface area contributed by atoms with E-state index in [-0.39, 0.29) is 18.6 Å². The molecule has 1 N–H and O–H groups in total. The number of carbonyl (C=O) groups is 2. The molecule has 1 aliphatic rings. The van der Waals surface area contributed by atoms with Crippen LogP contribution in [0.3, 0.4) is 0 Å². The fourth-order valence-corrected chi connectivity index (χ4v) is 2.00. The fourth-order valence-electron chi connectivity index (χ4n) is 2.00. The normalized spacial score (nSPS) is 23.7. The van der Waals surface area contributed by atoms with E-state index in [0.717, 1.165) is 4.90 Å². The van der Waals surface area contributed by atoms with E-state index >= 15 is 0 Å². The molecule has 1 rings (SSSR count). The predicted octanol–water partition coefficient (Wildman–Crippen LogP) is 1.73. The van der Waals surface area contributed by atoms with Crippen molar-refractivity contribution < 1.29 is 19.4 Å². The van der Waals surface area contributed by atoms with Crippen molar-refractivity contribution in [2.24, 2.45) is 11.3 Å². The third-order valence-corrected chi connectivity index (χ3v) is 3.62. The third-order valence-electron chi connectivity index (χ3n) is 3.62. The van der Waals surface area contributed by atoms with Gasteiger partial charge in [0.2, 0.25) is 5.91 Å². The molecule has 1 heterocycles. The van der Waals surface area contributed by atoms with Crippen LogP contribution in [0.2, 0.25) is 0 Å². The highest BCUT2D eigenvalue weighted by atomic mass is 16.6. The summed E-state index contributed by atoms with van der Waals surface area (Å²) in [6.07, 6.45) is 0.808. The zero-order valence-corrected chi connectivity index (χ0v) is 11.6. The van der Waals surface area contributed by atoms with Crippen LogP contribution in [0.25, 0.3) is 0 Å². The Labute approximate surface area is 113 Å². The average molecular weight is 267 g/mol. The van der Waals surface area contributed by atoms with Gasteiger partial charge in [0, 0.05) is 0 Å². The number of hydrogen-bond acceptors (Lipinski definition) is 4. The number of rotatable bonds is 5. The second kappa shape index (κ2) is 5.57. The molecule has 5 heteroatoms. The van der Waals surface area contributed by atoms with Crippen LogP contribution in [0.5, 0.6) is 0 Å². The quantitative estimate of drug-likeness (QED) is 0.770. The third kappa shape index (κ3) is 2.56. The van der Waals surface area contributed by atoms with Crippen molar-refractivity contribution in [1.29, 1.82) is 0 Å². The molecule has 0 radical (unpaired) electrons. The summed E-state index contributed by atoms with van der Waals surface area (Å²) in [7, 11) is 0. The van der Waals surface area contributed by atoms with E-state index in [2.05, 4.69) is 13.2 Å². The van der Waals surface area contributed by atoms with Gasteiger partial charge in [-0.15, -0.1) is 13.2 Å². The first-order chi connectivity index (χ1) is 8.79. The first kappa shape index (κ1) is 15.4. The summed E-state index contributed by atoms with van der Waals surface area (Å²) in [5.41, 5.74) is -1.29. The van der Waals surface area contributed by atoms with Crippen molar-refractivity contribution in [3.8, 4) is 0 Å². The molecule has 0 unspecified atom stereocenters. The van der Waals surface area contributed by atoms with Crippen LogP contribution in [-0.2, 0) is 9.53 Å². The van der Waals surface area contributed by atoms with Crippen molar-refractivity contribution >= 4 is 12.0 Å². The highest BCUT2D eigenvalue weighted by Crippen LogP contribution is 2.31. The van der Waals surface area contributed by atoms with Gasteiger partial charge in [-0.25, -0.2) is 9.69 Å². The molecule has 0 aromatic heterocycles. The van der Waals surface area contributed by atoms with Crippen LogP contribution >= 0.6 is 0 Å². The first-order valence-electron chi connectivity index (χ1n) is 6.24. The lowest BCUT2D eigenvalue weighted by Gasteiger charge is -2.33. The molecule has 2 amide bonds. The van der Waals surface area contributed by atoms with Gasteiger partial charge in [0.05, 0.1) is 17.6 Å². The molecule has 106 valence electrons. The van der Waals surface area contributed by atoms with Gasteiger partial charge in [0.25, 0.3) is 0 Å². The SMILES string of the molecule is C=C[C@@H](O)[C@@](C)(C=C)C(=O)N1C(=O)OC[C@H]1C(C)C. The highest BCUT2D eigenvalue weighted by molar-refractivity contribution is 5.98. The van der Waals surface area contributed by atoms with Crippen molar-refractivity contribution in [1.82, 2.24) is 4.90 Å². The lowest BCUT2D eigenvalue weighted by molar-refractivity contribution is -0.140. The number of ether oxygens (including phenoxy) is 1. The number of aliphatic hydroxyl groups excluding tert-OH is 1. The number of hydrogen-bond donors (Lipinski definition) is 1. The molecular formula is C14H21NO4. The Balaban J connectivity index is 3.12. The van der Waals surface area contributed by atoms with Crippen LogP contribution in [0.1, 0.15) is 20.8 Å². The van der Waals surface area contributed by atoms with Gasteiger partial charge >= 0.3 is 6.09 Å². The van der Waals surface area contributed by atoms with Crippen LogP contribution in [0.15, 0.2) is 25.3 Å². The van der Waals surface area contributed by atoms with Crippen molar-refractivity contribution in [3.05, 3.63) is 25.3 Å². The molecule has 1 saturated heterocycles. The summed E-state index contributed by atoms with van der Waals surface area (Å²) >= 11 is 0. The molecule has 3 atom stereocenters. The van der Waals surface area contributed by atoms with Gasteiger partial charge in [-0.2, -0.15) is 0 Å². The van der Waals surface area contributed by atoms with E-state index < -0.39 is 23.5 Å². The summed E-state index contributed by atoms with van der Waals surface area (Å²) in [4.78, 5) is 25.4. The molecule has 0 saturated carbocycles. The Morgan fingerprint density at radius 2 is 2.16 bits per heavy atom. The van der Waals surface area contributed by atoms with Gasteiger partial charge in [-0.3, -0.25) is 4.79 Å². The number of nitrogens with zero attached hydrogens (tertiary/aromatic N) is 1. The predicted molar refractivity (Wildman–Crippen MR) is 71.3 cm³/mol. The smallest absolute Gasteiger partial charge is 0.417 e. The Kier molecular flexibility index (Phi) is 4.52. The zero-order valence-electron chi connectivity index (χ0n) is 11.6. The standard InChI is InChI=1S/C14H21NO4/c1-6-11(16)14(5,7-2)12(17)15-10(9(3)4)8-19-13(15)18/h6-7,9-11,16H,1-2,8H2,3-5H3/t10-,11+,14+/m0/s1. The molecule has 19 heavy (non-hydrogen) atoms. The topological polar surface area (TPSA) is 66.8 Å². The first-order valence-corrected chi connectivity index (χ1v) is 6.24. The lowest BCUT2D eigenvalue weighted by Crippen LogP contribution is -2.51. The van der Waals surface area contributed by atoms with Crippen molar-refractivity contribution in [2.75, 3.05) is 6.61 Å². The van der Waals surface area contributed by atoms with Crippen molar-refractivity contribution in [2.45, 2.75) is 32.9 Å². The number of cyclic esters (lactones) is 1. The summed E-state index contributed by atoms with van der Waals surface area (Å²) < 4.78 is 4.94. The summed E-state index contributed by atoms with van der Waals surface area (Å²) in [5.74, 6) is -0.443. The molecule has 1 fully saturated rings. The number of amides is 2. The largest absolute Gasteiger partial charge is 0.447 e. The second-order valence-corrected chi connectivity index (χ2v) is 5.23. The summed E-state index contributed by atoms with van der Waals surface area (Å²) in [6.45, 7) is 12.6. The molecule has 0 aliphatic carbocycles. The zero-order chi connectivity index (χ0) is 14.8. The maximum Gasteiger partial charge on any atom is 0.417 e. The van der Waals surface area contributed by atoms with Crippen LogP contribution < -0.4 is 0 Å². The van der Waals surface area contributed by atoms with E-state index in [1.807, 2.05) is 13.8 Å². The van der Waals surface area contributed by atoms with Crippen LogP contribution in [-0.4, -0.2) is 40.8 Å². The molecule has 0 spiro atoms. The van der Waals surface area contributed by atoms with E-state index in [1.165, 1.54) is 19.1 Å². The molecular weight excluding hydrogens is 246 g/mol. The Morgan fingerprint density at radius 3 is 2.58 bits per heavy atom. The van der Waals surface area contributed by atoms with Gasteiger partial charge in [-0.05, 0) is 12.8 Å². The highest BCUT2D eigenvalue weighted by Gasteiger charge is 2.48. The Morgan fingerprint density at radius 1 is 1.58 bits per heavy atom. The Hall–Kier alpha value is -1.62. The van der Waals surface area contributed by atoms with Gasteiger partial charge in [0.1, 0.15) is 6.61 Å². The van der Waals surface area contributed by atoms with E-state index in [1.54, 1.807) is 0 Å². The van der Waals surface area contributed by atoms with E-state index in [9.17, 15) is 14.7 Å². The Bertz CT molecular complexity index is 404. The summed E-state index contributed by atoms with van der Waals surface area (Å²) in [5, 5.41) is 9.93. The molecule has 1 aliphatic heterocycles. The number of carbonyl (C=O) groups excluding carboxylic acids is 2. The average Bonchev–Trinajstić information content (AvgIpc) is 2.77. The fraction of sp³-hybridized carbons (Fsp3) is 0.571. The molecule has 0 aromatic rings. The van der Waals surface area contributed by atoms with Gasteiger partial charge < -0.3 is 9.84 Å². The van der Waals surface area contributed by atoms with Crippen LogP contribution in [0.4, 0.5) is 4.79 Å². The number of imide groups is 1. The second-order valence-electron chi connectivity index (χ2n) is 5.23. The maximum atomic E-state index is 12.6. The molecule has 5 nitrogen and oxygen atoms in total. The molecule has 0 aromatic carbocycles. The van der Waals surface area contributed by atoms with Gasteiger partial charge in [0.15, 0.2) is 0 Å². The van der Waals surface area contributed by atoms with Crippen LogP contribution in [0, 0.1) is 11.3 Å². The number of aliphatic hydroxyl groups is 1. The minimum absolute atomic E-state index is 0.0744. The van der Waals surface area contributed by atoms with Gasteiger partial charge in [-0.1, -0.05) is 26.0 Å². The van der Waals surface area contributed by atoms with Crippen molar-refractivity contribution in [3.63, 3.8) is 0 Å². The minimum atomic E-state index is -1.29. The van der Waals surface area contributed by atoms with E-state index in [0.29, 0.717) is 0 Å². The summed E-state index contributed by atoms with van der Waals surface area (Å²) in [6, 6.07) is -0.323.